The monoisotopic (exact) mass is 240 g/mol. The Hall–Kier alpha value is -0.730. The minimum Gasteiger partial charge on any atom is -0.489 e. The molecule has 1 aliphatic carbocycles. The van der Waals surface area contributed by atoms with Crippen molar-refractivity contribution in [2.75, 3.05) is 0 Å². The van der Waals surface area contributed by atoms with Crippen LogP contribution >= 0.6 is 11.6 Å². The third kappa shape index (κ3) is 2.89. The first-order valence-electron chi connectivity index (χ1n) is 5.70. The van der Waals surface area contributed by atoms with E-state index in [0.29, 0.717) is 17.5 Å². The van der Waals surface area contributed by atoms with Gasteiger partial charge in [-0.25, -0.2) is 0 Å². The average Bonchev–Trinajstić information content (AvgIpc) is 2.93. The summed E-state index contributed by atoms with van der Waals surface area (Å²) >= 11 is 6.18. The van der Waals surface area contributed by atoms with E-state index in [0.717, 1.165) is 29.7 Å². The molecular formula is C13H17ClO2. The lowest BCUT2D eigenvalue weighted by atomic mass is 10.0. The van der Waals surface area contributed by atoms with Crippen LogP contribution in [0.1, 0.15) is 30.9 Å². The van der Waals surface area contributed by atoms with Gasteiger partial charge in [0.2, 0.25) is 0 Å². The standard InChI is InChI=1S/C13H17ClO2/c1-8-5-10(7-9(2)15)13(12(14)6-8)16-11-3-4-11/h5-6,9,11,15H,3-4,7H2,1-2H3. The smallest absolute Gasteiger partial charge is 0.141 e. The molecule has 16 heavy (non-hydrogen) atoms. The highest BCUT2D eigenvalue weighted by molar-refractivity contribution is 6.32. The first-order valence-corrected chi connectivity index (χ1v) is 6.08. The number of ether oxygens (including phenoxy) is 1. The van der Waals surface area contributed by atoms with Crippen molar-refractivity contribution < 1.29 is 9.84 Å². The summed E-state index contributed by atoms with van der Waals surface area (Å²) in [5, 5.41) is 10.1. The number of benzene rings is 1. The van der Waals surface area contributed by atoms with Gasteiger partial charge in [-0.15, -0.1) is 0 Å². The molecule has 0 aliphatic heterocycles. The summed E-state index contributed by atoms with van der Waals surface area (Å²) in [4.78, 5) is 0. The molecule has 3 heteroatoms. The van der Waals surface area contributed by atoms with Gasteiger partial charge < -0.3 is 9.84 Å². The van der Waals surface area contributed by atoms with Crippen LogP contribution in [-0.2, 0) is 6.42 Å². The number of rotatable bonds is 4. The predicted molar refractivity (Wildman–Crippen MR) is 65.2 cm³/mol. The van der Waals surface area contributed by atoms with Crippen molar-refractivity contribution in [3.05, 3.63) is 28.3 Å². The SMILES string of the molecule is Cc1cc(Cl)c(OC2CC2)c(CC(C)O)c1. The molecule has 0 heterocycles. The molecule has 0 spiro atoms. The highest BCUT2D eigenvalue weighted by atomic mass is 35.5. The number of hydrogen-bond acceptors (Lipinski definition) is 2. The summed E-state index contributed by atoms with van der Waals surface area (Å²) in [5.74, 6) is 0.760. The Labute approximate surface area is 101 Å². The van der Waals surface area contributed by atoms with E-state index >= 15 is 0 Å². The molecule has 2 nitrogen and oxygen atoms in total. The van der Waals surface area contributed by atoms with Crippen molar-refractivity contribution in [3.63, 3.8) is 0 Å². The van der Waals surface area contributed by atoms with Gasteiger partial charge in [0.15, 0.2) is 0 Å². The second-order valence-electron chi connectivity index (χ2n) is 4.61. The van der Waals surface area contributed by atoms with Crippen molar-refractivity contribution in [2.45, 2.75) is 45.3 Å². The van der Waals surface area contributed by atoms with E-state index in [2.05, 4.69) is 0 Å². The van der Waals surface area contributed by atoms with Gasteiger partial charge in [0.05, 0.1) is 17.2 Å². The van der Waals surface area contributed by atoms with Crippen LogP contribution in [0.2, 0.25) is 5.02 Å². The molecule has 0 aromatic heterocycles. The molecule has 1 N–H and O–H groups in total. The van der Waals surface area contributed by atoms with Gasteiger partial charge in [0, 0.05) is 6.42 Å². The van der Waals surface area contributed by atoms with Crippen LogP contribution in [0.4, 0.5) is 0 Å². The fourth-order valence-corrected chi connectivity index (χ4v) is 2.09. The van der Waals surface area contributed by atoms with E-state index in [1.54, 1.807) is 6.92 Å². The van der Waals surface area contributed by atoms with Crippen molar-refractivity contribution >= 4 is 11.6 Å². The molecule has 0 saturated heterocycles. The zero-order valence-corrected chi connectivity index (χ0v) is 10.4. The van der Waals surface area contributed by atoms with Gasteiger partial charge in [-0.1, -0.05) is 17.7 Å². The minimum absolute atomic E-state index is 0.327. The van der Waals surface area contributed by atoms with Crippen LogP contribution in [-0.4, -0.2) is 17.3 Å². The Bertz CT molecular complexity index is 384. The molecule has 1 aromatic rings. The molecular weight excluding hydrogens is 224 g/mol. The summed E-state index contributed by atoms with van der Waals surface area (Å²) in [5.41, 5.74) is 2.11. The van der Waals surface area contributed by atoms with Crippen molar-refractivity contribution in [2.24, 2.45) is 0 Å². The number of halogens is 1. The van der Waals surface area contributed by atoms with Gasteiger partial charge in [0.25, 0.3) is 0 Å². The highest BCUT2D eigenvalue weighted by Crippen LogP contribution is 2.36. The average molecular weight is 241 g/mol. The lowest BCUT2D eigenvalue weighted by Gasteiger charge is -2.15. The molecule has 1 atom stereocenters. The lowest BCUT2D eigenvalue weighted by Crippen LogP contribution is -2.08. The van der Waals surface area contributed by atoms with Crippen molar-refractivity contribution in [3.8, 4) is 5.75 Å². The molecule has 1 saturated carbocycles. The van der Waals surface area contributed by atoms with Gasteiger partial charge in [0.1, 0.15) is 5.75 Å². The highest BCUT2D eigenvalue weighted by Gasteiger charge is 2.26. The Kier molecular flexibility index (Phi) is 3.41. The number of aliphatic hydroxyl groups is 1. The van der Waals surface area contributed by atoms with Crippen LogP contribution in [0, 0.1) is 6.92 Å². The third-order valence-electron chi connectivity index (χ3n) is 2.59. The summed E-state index contributed by atoms with van der Waals surface area (Å²) in [6, 6.07) is 3.95. The molecule has 1 aromatic carbocycles. The van der Waals surface area contributed by atoms with Crippen molar-refractivity contribution in [1.29, 1.82) is 0 Å². The van der Waals surface area contributed by atoms with E-state index in [1.807, 2.05) is 19.1 Å². The van der Waals surface area contributed by atoms with Crippen LogP contribution in [0.5, 0.6) is 5.75 Å². The van der Waals surface area contributed by atoms with Crippen LogP contribution in [0.15, 0.2) is 12.1 Å². The van der Waals surface area contributed by atoms with E-state index in [1.165, 1.54) is 0 Å². The summed E-state index contributed by atoms with van der Waals surface area (Å²) in [7, 11) is 0. The van der Waals surface area contributed by atoms with Crippen LogP contribution < -0.4 is 4.74 Å². The van der Waals surface area contributed by atoms with Gasteiger partial charge in [-0.3, -0.25) is 0 Å². The van der Waals surface area contributed by atoms with Crippen LogP contribution in [0.25, 0.3) is 0 Å². The maximum Gasteiger partial charge on any atom is 0.141 e. The minimum atomic E-state index is -0.376. The first kappa shape index (κ1) is 11.7. The Morgan fingerprint density at radius 3 is 2.75 bits per heavy atom. The number of hydrogen-bond donors (Lipinski definition) is 1. The van der Waals surface area contributed by atoms with Crippen LogP contribution in [0.3, 0.4) is 0 Å². The Morgan fingerprint density at radius 1 is 1.50 bits per heavy atom. The van der Waals surface area contributed by atoms with Crippen molar-refractivity contribution in [1.82, 2.24) is 0 Å². The normalized spacial score (nSPS) is 17.2. The molecule has 1 unspecified atom stereocenters. The topological polar surface area (TPSA) is 29.5 Å². The fourth-order valence-electron chi connectivity index (χ4n) is 1.76. The second-order valence-corrected chi connectivity index (χ2v) is 5.01. The quantitative estimate of drug-likeness (QED) is 0.876. The lowest BCUT2D eigenvalue weighted by molar-refractivity contribution is 0.193. The zero-order chi connectivity index (χ0) is 11.7. The molecule has 2 rings (SSSR count). The number of aliphatic hydroxyl groups excluding tert-OH is 1. The summed E-state index contributed by atoms with van der Waals surface area (Å²) in [6.45, 7) is 3.77. The van der Waals surface area contributed by atoms with E-state index < -0.39 is 0 Å². The Balaban J connectivity index is 2.29. The van der Waals surface area contributed by atoms with Gasteiger partial charge >= 0.3 is 0 Å². The fraction of sp³-hybridized carbons (Fsp3) is 0.538. The van der Waals surface area contributed by atoms with Gasteiger partial charge in [-0.05, 0) is 43.9 Å². The van der Waals surface area contributed by atoms with Gasteiger partial charge in [-0.2, -0.15) is 0 Å². The zero-order valence-electron chi connectivity index (χ0n) is 9.66. The summed E-state index contributed by atoms with van der Waals surface area (Å²) in [6.07, 6.45) is 2.76. The molecule has 1 fully saturated rings. The second kappa shape index (κ2) is 4.64. The molecule has 0 amide bonds. The maximum absolute atomic E-state index is 9.46. The van der Waals surface area contributed by atoms with E-state index in [9.17, 15) is 5.11 Å². The van der Waals surface area contributed by atoms with E-state index in [4.69, 9.17) is 16.3 Å². The molecule has 88 valence electrons. The first-order chi connectivity index (χ1) is 7.56. The predicted octanol–water partition coefficient (Wildman–Crippen LogP) is 3.11. The largest absolute Gasteiger partial charge is 0.489 e. The number of aryl methyl sites for hydroxylation is 1. The molecule has 1 aliphatic rings. The third-order valence-corrected chi connectivity index (χ3v) is 2.87. The maximum atomic E-state index is 9.46. The summed E-state index contributed by atoms with van der Waals surface area (Å²) < 4.78 is 5.80. The van der Waals surface area contributed by atoms with E-state index in [-0.39, 0.29) is 6.10 Å². The molecule has 0 radical (unpaired) electrons. The Morgan fingerprint density at radius 2 is 2.19 bits per heavy atom. The molecule has 0 bridgehead atoms.